The summed E-state index contributed by atoms with van der Waals surface area (Å²) in [6.45, 7) is 0. The van der Waals surface area contributed by atoms with Crippen molar-refractivity contribution in [2.45, 2.75) is 7.43 Å². The van der Waals surface area contributed by atoms with E-state index < -0.39 is 7.12 Å². The van der Waals surface area contributed by atoms with Crippen molar-refractivity contribution in [3.8, 4) is 33.4 Å². The summed E-state index contributed by atoms with van der Waals surface area (Å²) in [5, 5.41) is 28.7. The van der Waals surface area contributed by atoms with Crippen molar-refractivity contribution in [1.29, 1.82) is 0 Å². The minimum atomic E-state index is -1.43. The summed E-state index contributed by atoms with van der Waals surface area (Å²) >= 11 is 3.68. The van der Waals surface area contributed by atoms with Crippen LogP contribution in [0.3, 0.4) is 0 Å². The van der Waals surface area contributed by atoms with Crippen LogP contribution in [0.15, 0.2) is 223 Å². The fourth-order valence-electron chi connectivity index (χ4n) is 7.44. The Kier molecular flexibility index (Phi) is 12.4. The van der Waals surface area contributed by atoms with Gasteiger partial charge in [0.1, 0.15) is 0 Å². The second kappa shape index (κ2) is 18.1. The first-order chi connectivity index (χ1) is 27.6. The Bertz CT molecular complexity index is 2800. The maximum atomic E-state index is 9.22. The molecule has 0 aliphatic carbocycles. The molecule has 57 heavy (non-hydrogen) atoms. The van der Waals surface area contributed by atoms with Crippen LogP contribution in [0.2, 0.25) is 0 Å². The summed E-state index contributed by atoms with van der Waals surface area (Å²) < 4.78 is 1.19. The van der Waals surface area contributed by atoms with Crippen molar-refractivity contribution in [3.63, 3.8) is 0 Å². The van der Waals surface area contributed by atoms with Crippen LogP contribution in [0, 0.1) is 0 Å². The molecule has 10 aromatic rings. The lowest BCUT2D eigenvalue weighted by molar-refractivity contribution is 0.426. The first kappa shape index (κ1) is 39.0. The molecule has 276 valence electrons. The monoisotopic (exact) mass is 800 g/mol. The molecule has 0 atom stereocenters. The minimum absolute atomic E-state index is 0. The van der Waals surface area contributed by atoms with Crippen molar-refractivity contribution in [1.82, 2.24) is 0 Å². The summed E-state index contributed by atoms with van der Waals surface area (Å²) in [4.78, 5) is 0. The fourth-order valence-corrected chi connectivity index (χ4v) is 8.16. The number of rotatable bonds is 4. The highest BCUT2D eigenvalue weighted by atomic mass is 79.9. The quantitative estimate of drug-likeness (QED) is 0.137. The molecule has 0 saturated heterocycles. The Balaban J connectivity index is 0.000000138. The van der Waals surface area contributed by atoms with Crippen LogP contribution in [0.4, 0.5) is 0 Å². The largest absolute Gasteiger partial charge is 0.489 e. The van der Waals surface area contributed by atoms with Crippen LogP contribution >= 0.6 is 15.9 Å². The molecule has 10 aromatic carbocycles. The topological polar surface area (TPSA) is 40.5 Å². The highest BCUT2D eigenvalue weighted by molar-refractivity contribution is 9.10. The molecular weight excluding hydrogens is 759 g/mol. The van der Waals surface area contributed by atoms with Gasteiger partial charge in [0.15, 0.2) is 0 Å². The number of hydrogen-bond acceptors (Lipinski definition) is 2. The van der Waals surface area contributed by atoms with Gasteiger partial charge in [0, 0.05) is 4.47 Å². The Morgan fingerprint density at radius 3 is 1.14 bits per heavy atom. The number of fused-ring (bicyclic) bond motifs is 4. The maximum Gasteiger partial charge on any atom is 0.489 e. The van der Waals surface area contributed by atoms with Gasteiger partial charge in [-0.25, -0.2) is 0 Å². The summed E-state index contributed by atoms with van der Waals surface area (Å²) in [6.07, 6.45) is 0. The predicted octanol–water partition coefficient (Wildman–Crippen LogP) is 13.8. The third-order valence-corrected chi connectivity index (χ3v) is 10.9. The zero-order valence-corrected chi connectivity index (χ0v) is 32.2. The molecule has 0 spiro atoms. The van der Waals surface area contributed by atoms with E-state index in [2.05, 4.69) is 180 Å². The van der Waals surface area contributed by atoms with Gasteiger partial charge in [0.05, 0.1) is 0 Å². The van der Waals surface area contributed by atoms with Gasteiger partial charge in [-0.2, -0.15) is 0 Å². The van der Waals surface area contributed by atoms with Crippen LogP contribution < -0.4 is 5.46 Å². The van der Waals surface area contributed by atoms with E-state index in [1.54, 1.807) is 12.1 Å². The molecule has 0 unspecified atom stereocenters. The summed E-state index contributed by atoms with van der Waals surface area (Å²) in [5.41, 5.74) is 7.50. The average molecular weight is 802 g/mol. The lowest BCUT2D eigenvalue weighted by Gasteiger charge is -2.16. The SMILES string of the molecule is Brc1c2ccccc2cc2ccccc12.C.OB(O)c1ccccc1-c1ccccc1.c1ccc(-c2ccccc2-c2c3ccccc3cc3ccccc23)cc1. The van der Waals surface area contributed by atoms with E-state index in [0.717, 1.165) is 11.1 Å². The molecular formula is C53H42BBrO2. The molecule has 0 fully saturated rings. The summed E-state index contributed by atoms with van der Waals surface area (Å²) in [7, 11) is -1.43. The van der Waals surface area contributed by atoms with Gasteiger partial charge in [-0.15, -0.1) is 0 Å². The van der Waals surface area contributed by atoms with Crippen molar-refractivity contribution in [2.75, 3.05) is 0 Å². The van der Waals surface area contributed by atoms with E-state index in [1.165, 1.54) is 69.8 Å². The van der Waals surface area contributed by atoms with Crippen LogP contribution in [-0.4, -0.2) is 17.2 Å². The molecule has 0 saturated carbocycles. The average Bonchev–Trinajstić information content (AvgIpc) is 3.27. The number of halogens is 1. The Hall–Kier alpha value is -6.30. The van der Waals surface area contributed by atoms with Crippen LogP contribution in [0.25, 0.3) is 76.5 Å². The first-order valence-electron chi connectivity index (χ1n) is 18.7. The number of hydrogen-bond donors (Lipinski definition) is 2. The fraction of sp³-hybridized carbons (Fsp3) is 0.0189. The van der Waals surface area contributed by atoms with Crippen molar-refractivity contribution in [2.24, 2.45) is 0 Å². The molecule has 0 heterocycles. The van der Waals surface area contributed by atoms with Crippen molar-refractivity contribution in [3.05, 3.63) is 223 Å². The van der Waals surface area contributed by atoms with E-state index in [0.29, 0.717) is 5.46 Å². The zero-order chi connectivity index (χ0) is 38.3. The lowest BCUT2D eigenvalue weighted by Crippen LogP contribution is -2.31. The van der Waals surface area contributed by atoms with E-state index in [4.69, 9.17) is 0 Å². The third kappa shape index (κ3) is 8.45. The van der Waals surface area contributed by atoms with E-state index in [-0.39, 0.29) is 7.43 Å². The molecule has 10 rings (SSSR count). The zero-order valence-electron chi connectivity index (χ0n) is 30.6. The van der Waals surface area contributed by atoms with Crippen molar-refractivity contribution < 1.29 is 10.0 Å². The van der Waals surface area contributed by atoms with Gasteiger partial charge in [-0.3, -0.25) is 0 Å². The minimum Gasteiger partial charge on any atom is -0.423 e. The van der Waals surface area contributed by atoms with E-state index in [1.807, 2.05) is 42.5 Å². The molecule has 0 bridgehead atoms. The van der Waals surface area contributed by atoms with Gasteiger partial charge in [0.25, 0.3) is 0 Å². The van der Waals surface area contributed by atoms with Crippen LogP contribution in [0.5, 0.6) is 0 Å². The van der Waals surface area contributed by atoms with Crippen LogP contribution in [-0.2, 0) is 0 Å². The van der Waals surface area contributed by atoms with Gasteiger partial charge < -0.3 is 10.0 Å². The van der Waals surface area contributed by atoms with Crippen LogP contribution in [0.1, 0.15) is 7.43 Å². The van der Waals surface area contributed by atoms with Gasteiger partial charge in [0.2, 0.25) is 0 Å². The molecule has 0 aliphatic heterocycles. The molecule has 0 radical (unpaired) electrons. The molecule has 0 aliphatic rings. The van der Waals surface area contributed by atoms with Crippen molar-refractivity contribution >= 4 is 71.6 Å². The van der Waals surface area contributed by atoms with Gasteiger partial charge in [-0.05, 0) is 110 Å². The second-order valence-corrected chi connectivity index (χ2v) is 14.4. The van der Waals surface area contributed by atoms with E-state index >= 15 is 0 Å². The summed E-state index contributed by atoms with van der Waals surface area (Å²) in [5.74, 6) is 0. The van der Waals surface area contributed by atoms with E-state index in [9.17, 15) is 10.0 Å². The second-order valence-electron chi connectivity index (χ2n) is 13.6. The third-order valence-electron chi connectivity index (χ3n) is 10.1. The number of benzene rings is 10. The smallest absolute Gasteiger partial charge is 0.423 e. The first-order valence-corrected chi connectivity index (χ1v) is 19.5. The maximum absolute atomic E-state index is 9.22. The lowest BCUT2D eigenvalue weighted by atomic mass is 9.75. The standard InChI is InChI=1S/C26H18.C14H9Br.C12H11BO2.CH4/c1-2-10-19(11-3-1)22-14-8-9-17-25(22)26-23-15-6-4-12-20(23)18-21-13-5-7-16-24(21)26;15-14-12-7-3-1-5-10(12)9-11-6-2-4-8-13(11)14;14-13(15)12-9-5-4-8-11(12)10-6-2-1-3-7-10;/h1-18H;1-9H;1-9,14-15H;1H4. The van der Waals surface area contributed by atoms with Gasteiger partial charge >= 0.3 is 7.12 Å². The Labute approximate surface area is 343 Å². The normalized spacial score (nSPS) is 10.6. The Morgan fingerprint density at radius 1 is 0.333 bits per heavy atom. The highest BCUT2D eigenvalue weighted by Gasteiger charge is 2.16. The predicted molar refractivity (Wildman–Crippen MR) is 250 cm³/mol. The molecule has 2 nitrogen and oxygen atoms in total. The molecule has 0 aromatic heterocycles. The van der Waals surface area contributed by atoms with Gasteiger partial charge in [-0.1, -0.05) is 214 Å². The summed E-state index contributed by atoms with van der Waals surface area (Å²) in [6, 6.07) is 75.1. The Morgan fingerprint density at radius 2 is 0.667 bits per heavy atom. The molecule has 0 amide bonds. The highest BCUT2D eigenvalue weighted by Crippen LogP contribution is 2.41. The molecule has 4 heteroatoms. The molecule has 2 N–H and O–H groups in total.